The van der Waals surface area contributed by atoms with Crippen LogP contribution in [0.1, 0.15) is 27.2 Å². The van der Waals surface area contributed by atoms with Crippen molar-refractivity contribution in [3.8, 4) is 6.07 Å². The van der Waals surface area contributed by atoms with Crippen molar-refractivity contribution in [2.24, 2.45) is 0 Å². The molecule has 2 aromatic heterocycles. The van der Waals surface area contributed by atoms with Crippen molar-refractivity contribution >= 4 is 17.0 Å². The fourth-order valence-corrected chi connectivity index (χ4v) is 1.90. The summed E-state index contributed by atoms with van der Waals surface area (Å²) in [5, 5.41) is 13.3. The molecule has 2 aromatic rings. The molecular formula is C13H18N6O. The molecule has 20 heavy (non-hydrogen) atoms. The smallest absolute Gasteiger partial charge is 0.263 e. The zero-order valence-corrected chi connectivity index (χ0v) is 12.1. The molecule has 0 fully saturated rings. The maximum absolute atomic E-state index is 12.1. The maximum atomic E-state index is 12.1. The van der Waals surface area contributed by atoms with Crippen LogP contribution in [0.2, 0.25) is 0 Å². The predicted molar refractivity (Wildman–Crippen MR) is 76.6 cm³/mol. The van der Waals surface area contributed by atoms with Crippen LogP contribution in [0.4, 0.5) is 5.95 Å². The van der Waals surface area contributed by atoms with E-state index in [9.17, 15) is 4.79 Å². The van der Waals surface area contributed by atoms with E-state index in [1.807, 2.05) is 20.8 Å². The molecule has 1 N–H and O–H groups in total. The number of anilines is 1. The number of nitriles is 1. The molecule has 0 aromatic carbocycles. The van der Waals surface area contributed by atoms with Crippen LogP contribution in [0.25, 0.3) is 11.0 Å². The fraction of sp³-hybridized carbons (Fsp3) is 0.538. The van der Waals surface area contributed by atoms with Crippen LogP contribution < -0.4 is 10.5 Å². The number of aromatic nitrogens is 4. The van der Waals surface area contributed by atoms with Gasteiger partial charge >= 0.3 is 0 Å². The molecule has 0 aliphatic rings. The molecule has 0 spiro atoms. The Kier molecular flexibility index (Phi) is 3.49. The van der Waals surface area contributed by atoms with Gasteiger partial charge in [-0.2, -0.15) is 15.3 Å². The Hall–Kier alpha value is -2.36. The van der Waals surface area contributed by atoms with Crippen LogP contribution in [0.15, 0.2) is 11.0 Å². The Morgan fingerprint density at radius 1 is 1.50 bits per heavy atom. The third kappa shape index (κ3) is 2.50. The third-order valence-electron chi connectivity index (χ3n) is 2.98. The fourth-order valence-electron chi connectivity index (χ4n) is 1.90. The SMILES string of the molecule is CN(CCC#N)c1nc2c(cnn2C(C)(C)C)c(=O)[nH]1. The standard InChI is InChI=1S/C13H18N6O/c1-13(2,3)19-10-9(8-15-19)11(20)17-12(16-10)18(4)7-5-6-14/h8H,5,7H2,1-4H3,(H,16,17,20). The van der Waals surface area contributed by atoms with Crippen LogP contribution in [-0.2, 0) is 5.54 Å². The van der Waals surface area contributed by atoms with Crippen LogP contribution in [-0.4, -0.2) is 33.3 Å². The number of aromatic amines is 1. The van der Waals surface area contributed by atoms with E-state index in [2.05, 4.69) is 21.1 Å². The second-order valence-electron chi connectivity index (χ2n) is 5.68. The lowest BCUT2D eigenvalue weighted by Gasteiger charge is -2.21. The first-order valence-corrected chi connectivity index (χ1v) is 6.41. The molecule has 0 saturated heterocycles. The quantitative estimate of drug-likeness (QED) is 0.908. The number of rotatable bonds is 3. The van der Waals surface area contributed by atoms with Gasteiger partial charge in [0.15, 0.2) is 5.65 Å². The first-order valence-electron chi connectivity index (χ1n) is 6.41. The van der Waals surface area contributed by atoms with Crippen LogP contribution in [0.3, 0.4) is 0 Å². The second kappa shape index (κ2) is 4.96. The topological polar surface area (TPSA) is 90.6 Å². The number of nitrogens with zero attached hydrogens (tertiary/aromatic N) is 5. The van der Waals surface area contributed by atoms with Crippen LogP contribution in [0.5, 0.6) is 0 Å². The minimum absolute atomic E-state index is 0.218. The van der Waals surface area contributed by atoms with Crippen molar-refractivity contribution in [2.45, 2.75) is 32.7 Å². The van der Waals surface area contributed by atoms with Gasteiger partial charge in [-0.1, -0.05) is 0 Å². The number of hydrogen-bond acceptors (Lipinski definition) is 5. The van der Waals surface area contributed by atoms with Crippen molar-refractivity contribution < 1.29 is 0 Å². The van der Waals surface area contributed by atoms with E-state index >= 15 is 0 Å². The summed E-state index contributed by atoms with van der Waals surface area (Å²) in [4.78, 5) is 21.0. The summed E-state index contributed by atoms with van der Waals surface area (Å²) in [5.41, 5.74) is 0.0785. The molecule has 106 valence electrons. The van der Waals surface area contributed by atoms with Crippen LogP contribution >= 0.6 is 0 Å². The van der Waals surface area contributed by atoms with Crippen molar-refractivity contribution in [1.82, 2.24) is 19.7 Å². The van der Waals surface area contributed by atoms with E-state index in [4.69, 9.17) is 5.26 Å². The Morgan fingerprint density at radius 2 is 2.20 bits per heavy atom. The monoisotopic (exact) mass is 274 g/mol. The largest absolute Gasteiger partial charge is 0.344 e. The normalized spacial score (nSPS) is 11.6. The molecule has 0 saturated carbocycles. The molecular weight excluding hydrogens is 256 g/mol. The van der Waals surface area contributed by atoms with Gasteiger partial charge in [0.1, 0.15) is 5.39 Å². The van der Waals surface area contributed by atoms with Gasteiger partial charge in [-0.25, -0.2) is 4.68 Å². The minimum Gasteiger partial charge on any atom is -0.344 e. The highest BCUT2D eigenvalue weighted by Crippen LogP contribution is 2.19. The Labute approximate surface area is 116 Å². The number of hydrogen-bond donors (Lipinski definition) is 1. The number of H-pyrrole nitrogens is 1. The van der Waals surface area contributed by atoms with Gasteiger partial charge < -0.3 is 4.90 Å². The van der Waals surface area contributed by atoms with E-state index in [1.54, 1.807) is 16.6 Å². The number of nitrogens with one attached hydrogen (secondary N) is 1. The van der Waals surface area contributed by atoms with Gasteiger partial charge in [-0.05, 0) is 20.8 Å². The summed E-state index contributed by atoms with van der Waals surface area (Å²) in [6.07, 6.45) is 1.91. The lowest BCUT2D eigenvalue weighted by Crippen LogP contribution is -2.27. The van der Waals surface area contributed by atoms with Crippen molar-refractivity contribution in [1.29, 1.82) is 5.26 Å². The summed E-state index contributed by atoms with van der Waals surface area (Å²) in [6.45, 7) is 6.51. The lowest BCUT2D eigenvalue weighted by atomic mass is 10.1. The first kappa shape index (κ1) is 14.1. The molecule has 0 aliphatic heterocycles. The molecule has 2 rings (SSSR count). The first-order chi connectivity index (χ1) is 9.34. The molecule has 7 nitrogen and oxygen atoms in total. The molecule has 0 amide bonds. The highest BCUT2D eigenvalue weighted by Gasteiger charge is 2.20. The van der Waals surface area contributed by atoms with E-state index in [1.165, 1.54) is 6.20 Å². The molecule has 7 heteroatoms. The van der Waals surface area contributed by atoms with E-state index in [0.29, 0.717) is 29.9 Å². The maximum Gasteiger partial charge on any atom is 0.263 e. The predicted octanol–water partition coefficient (Wildman–Crippen LogP) is 1.22. The van der Waals surface area contributed by atoms with E-state index in [0.717, 1.165) is 0 Å². The van der Waals surface area contributed by atoms with Gasteiger partial charge in [-0.3, -0.25) is 9.78 Å². The summed E-state index contributed by atoms with van der Waals surface area (Å²) < 4.78 is 1.74. The van der Waals surface area contributed by atoms with Gasteiger partial charge in [0, 0.05) is 13.6 Å². The average molecular weight is 274 g/mol. The van der Waals surface area contributed by atoms with Crippen molar-refractivity contribution in [3.05, 3.63) is 16.6 Å². The van der Waals surface area contributed by atoms with Crippen molar-refractivity contribution in [2.75, 3.05) is 18.5 Å². The third-order valence-corrected chi connectivity index (χ3v) is 2.98. The molecule has 0 bridgehead atoms. The van der Waals surface area contributed by atoms with Gasteiger partial charge in [0.25, 0.3) is 5.56 Å². The highest BCUT2D eigenvalue weighted by molar-refractivity contribution is 5.74. The van der Waals surface area contributed by atoms with Gasteiger partial charge in [-0.15, -0.1) is 0 Å². The highest BCUT2D eigenvalue weighted by atomic mass is 16.1. The summed E-state index contributed by atoms with van der Waals surface area (Å²) in [7, 11) is 1.79. The Balaban J connectivity index is 2.55. The zero-order chi connectivity index (χ0) is 14.9. The minimum atomic E-state index is -0.259. The van der Waals surface area contributed by atoms with E-state index < -0.39 is 0 Å². The van der Waals surface area contributed by atoms with Gasteiger partial charge in [0.2, 0.25) is 5.95 Å². The Bertz CT molecular complexity index is 715. The van der Waals surface area contributed by atoms with E-state index in [-0.39, 0.29) is 11.1 Å². The van der Waals surface area contributed by atoms with Gasteiger partial charge in [0.05, 0.1) is 24.2 Å². The van der Waals surface area contributed by atoms with Crippen molar-refractivity contribution in [3.63, 3.8) is 0 Å². The molecule has 0 radical (unpaired) electrons. The second-order valence-corrected chi connectivity index (χ2v) is 5.68. The molecule has 0 aliphatic carbocycles. The summed E-state index contributed by atoms with van der Waals surface area (Å²) in [6, 6.07) is 2.07. The zero-order valence-electron chi connectivity index (χ0n) is 12.1. The molecule has 2 heterocycles. The Morgan fingerprint density at radius 3 is 2.80 bits per heavy atom. The molecule has 0 unspecified atom stereocenters. The lowest BCUT2D eigenvalue weighted by molar-refractivity contribution is 0.366. The molecule has 0 atom stereocenters. The summed E-state index contributed by atoms with van der Waals surface area (Å²) >= 11 is 0. The van der Waals surface area contributed by atoms with Crippen LogP contribution in [0, 0.1) is 11.3 Å². The average Bonchev–Trinajstić information content (AvgIpc) is 2.79. The number of fused-ring (bicyclic) bond motifs is 1. The summed E-state index contributed by atoms with van der Waals surface area (Å²) in [5.74, 6) is 0.448.